The summed E-state index contributed by atoms with van der Waals surface area (Å²) < 4.78 is 7.93. The van der Waals surface area contributed by atoms with Crippen LogP contribution in [0, 0.1) is 5.92 Å². The Morgan fingerprint density at radius 2 is 2.12 bits per heavy atom. The molecule has 1 aromatic rings. The molecule has 1 aromatic heterocycles. The van der Waals surface area contributed by atoms with Crippen molar-refractivity contribution in [2.75, 3.05) is 26.2 Å². The molecule has 1 atom stereocenters. The first-order valence-corrected chi connectivity index (χ1v) is 9.89. The van der Waals surface area contributed by atoms with Gasteiger partial charge in [0, 0.05) is 45.2 Å². The SMILES string of the molecule is CCNC(=NCC(C)Cn1cccn1)NCCCOC1CCCCC1.I. The Labute approximate surface area is 175 Å². The minimum Gasteiger partial charge on any atom is -0.378 e. The Kier molecular flexibility index (Phi) is 12.7. The zero-order valence-electron chi connectivity index (χ0n) is 16.3. The van der Waals surface area contributed by atoms with Gasteiger partial charge in [0.05, 0.1) is 6.10 Å². The van der Waals surface area contributed by atoms with Gasteiger partial charge in [0.2, 0.25) is 0 Å². The predicted molar refractivity (Wildman–Crippen MR) is 118 cm³/mol. The summed E-state index contributed by atoms with van der Waals surface area (Å²) in [5.74, 6) is 1.34. The van der Waals surface area contributed by atoms with Crippen molar-refractivity contribution in [3.8, 4) is 0 Å². The highest BCUT2D eigenvalue weighted by molar-refractivity contribution is 14.0. The largest absolute Gasteiger partial charge is 0.378 e. The zero-order valence-corrected chi connectivity index (χ0v) is 18.7. The predicted octanol–water partition coefficient (Wildman–Crippen LogP) is 3.43. The van der Waals surface area contributed by atoms with Crippen molar-refractivity contribution in [3.63, 3.8) is 0 Å². The molecule has 0 aliphatic heterocycles. The highest BCUT2D eigenvalue weighted by Crippen LogP contribution is 2.20. The van der Waals surface area contributed by atoms with Crippen molar-refractivity contribution >= 4 is 29.9 Å². The van der Waals surface area contributed by atoms with Crippen LogP contribution in [0.1, 0.15) is 52.4 Å². The summed E-state index contributed by atoms with van der Waals surface area (Å²) in [6.07, 6.45) is 11.9. The van der Waals surface area contributed by atoms with Crippen molar-refractivity contribution in [2.45, 2.75) is 65.0 Å². The number of nitrogens with zero attached hydrogens (tertiary/aromatic N) is 3. The maximum atomic E-state index is 5.97. The van der Waals surface area contributed by atoms with Gasteiger partial charge in [0.25, 0.3) is 0 Å². The number of rotatable bonds is 10. The lowest BCUT2D eigenvalue weighted by molar-refractivity contribution is 0.0277. The van der Waals surface area contributed by atoms with Crippen molar-refractivity contribution in [2.24, 2.45) is 10.9 Å². The van der Waals surface area contributed by atoms with Crippen molar-refractivity contribution in [1.82, 2.24) is 20.4 Å². The first-order valence-electron chi connectivity index (χ1n) is 9.89. The van der Waals surface area contributed by atoms with E-state index in [0.29, 0.717) is 12.0 Å². The number of hydrogen-bond donors (Lipinski definition) is 2. The van der Waals surface area contributed by atoms with E-state index in [1.54, 1.807) is 0 Å². The number of nitrogens with one attached hydrogen (secondary N) is 2. The highest BCUT2D eigenvalue weighted by Gasteiger charge is 2.13. The molecule has 7 heteroatoms. The molecular formula is C19H36IN5O. The second kappa shape index (κ2) is 14.3. The molecule has 0 aromatic carbocycles. The fourth-order valence-electron chi connectivity index (χ4n) is 3.14. The topological polar surface area (TPSA) is 63.5 Å². The van der Waals surface area contributed by atoms with Gasteiger partial charge in [0.1, 0.15) is 0 Å². The van der Waals surface area contributed by atoms with Crippen LogP contribution < -0.4 is 10.6 Å². The monoisotopic (exact) mass is 477 g/mol. The molecule has 0 bridgehead atoms. The van der Waals surface area contributed by atoms with Crippen LogP contribution in [0.3, 0.4) is 0 Å². The summed E-state index contributed by atoms with van der Waals surface area (Å²) >= 11 is 0. The van der Waals surface area contributed by atoms with Crippen LogP contribution in [-0.2, 0) is 11.3 Å². The molecule has 0 amide bonds. The first kappa shape index (κ1) is 23.2. The summed E-state index contributed by atoms with van der Waals surface area (Å²) in [6.45, 7) is 8.58. The Hall–Kier alpha value is -0.830. The molecular weight excluding hydrogens is 441 g/mol. The molecule has 1 unspecified atom stereocenters. The smallest absolute Gasteiger partial charge is 0.191 e. The van der Waals surface area contributed by atoms with Gasteiger partial charge in [-0.25, -0.2) is 0 Å². The van der Waals surface area contributed by atoms with Crippen LogP contribution in [0.25, 0.3) is 0 Å². The summed E-state index contributed by atoms with van der Waals surface area (Å²) in [5.41, 5.74) is 0. The minimum atomic E-state index is 0. The number of halogens is 1. The fourth-order valence-corrected chi connectivity index (χ4v) is 3.14. The van der Waals surface area contributed by atoms with Gasteiger partial charge < -0.3 is 15.4 Å². The molecule has 1 aliphatic rings. The Morgan fingerprint density at radius 1 is 1.31 bits per heavy atom. The van der Waals surface area contributed by atoms with Gasteiger partial charge in [-0.1, -0.05) is 26.2 Å². The number of aliphatic imine (C=N–C) groups is 1. The second-order valence-electron chi connectivity index (χ2n) is 6.96. The molecule has 150 valence electrons. The van der Waals surface area contributed by atoms with Crippen LogP contribution in [-0.4, -0.2) is 48.1 Å². The molecule has 0 spiro atoms. The van der Waals surface area contributed by atoms with Crippen molar-refractivity contribution < 1.29 is 4.74 Å². The molecule has 1 fully saturated rings. The van der Waals surface area contributed by atoms with E-state index >= 15 is 0 Å². The second-order valence-corrected chi connectivity index (χ2v) is 6.96. The molecule has 2 N–H and O–H groups in total. The van der Waals surface area contributed by atoms with E-state index < -0.39 is 0 Å². The Morgan fingerprint density at radius 3 is 2.81 bits per heavy atom. The van der Waals surface area contributed by atoms with E-state index in [1.807, 2.05) is 23.1 Å². The van der Waals surface area contributed by atoms with Gasteiger partial charge in [-0.05, 0) is 38.2 Å². The molecule has 0 radical (unpaired) electrons. The third kappa shape index (κ3) is 9.75. The van der Waals surface area contributed by atoms with Crippen LogP contribution in [0.5, 0.6) is 0 Å². The van der Waals surface area contributed by atoms with Crippen molar-refractivity contribution in [1.29, 1.82) is 0 Å². The average molecular weight is 477 g/mol. The van der Waals surface area contributed by atoms with E-state index in [0.717, 1.165) is 45.2 Å². The maximum Gasteiger partial charge on any atom is 0.191 e. The van der Waals surface area contributed by atoms with Gasteiger partial charge in [-0.2, -0.15) is 5.10 Å². The summed E-state index contributed by atoms with van der Waals surface area (Å²) in [4.78, 5) is 4.69. The number of ether oxygens (including phenoxy) is 1. The van der Waals surface area contributed by atoms with Gasteiger partial charge >= 0.3 is 0 Å². The Balaban J connectivity index is 0.00000338. The van der Waals surface area contributed by atoms with Crippen LogP contribution in [0.15, 0.2) is 23.5 Å². The van der Waals surface area contributed by atoms with Crippen molar-refractivity contribution in [3.05, 3.63) is 18.5 Å². The van der Waals surface area contributed by atoms with E-state index in [4.69, 9.17) is 9.73 Å². The molecule has 1 saturated carbocycles. The zero-order chi connectivity index (χ0) is 17.7. The molecule has 26 heavy (non-hydrogen) atoms. The molecule has 0 saturated heterocycles. The third-order valence-electron chi connectivity index (χ3n) is 4.48. The number of guanidine groups is 1. The lowest BCUT2D eigenvalue weighted by atomic mass is 9.98. The van der Waals surface area contributed by atoms with Gasteiger partial charge in [-0.15, -0.1) is 24.0 Å². The van der Waals surface area contributed by atoms with Crippen LogP contribution >= 0.6 is 24.0 Å². The average Bonchev–Trinajstić information content (AvgIpc) is 3.13. The number of aromatic nitrogens is 2. The van der Waals surface area contributed by atoms with E-state index in [2.05, 4.69) is 29.6 Å². The van der Waals surface area contributed by atoms with Crippen LogP contribution in [0.4, 0.5) is 0 Å². The highest BCUT2D eigenvalue weighted by atomic mass is 127. The first-order chi connectivity index (χ1) is 12.3. The van der Waals surface area contributed by atoms with E-state index in [9.17, 15) is 0 Å². The van der Waals surface area contributed by atoms with Crippen LogP contribution in [0.2, 0.25) is 0 Å². The molecule has 2 rings (SSSR count). The summed E-state index contributed by atoms with van der Waals surface area (Å²) in [7, 11) is 0. The standard InChI is InChI=1S/C19H35N5O.HI/c1-3-20-19(22-15-17(2)16-24-13-7-12-23-24)21-11-8-14-25-18-9-5-4-6-10-18;/h7,12-13,17-18H,3-6,8-11,14-16H2,1-2H3,(H2,20,21,22);1H. The maximum absolute atomic E-state index is 5.97. The van der Waals surface area contributed by atoms with Gasteiger partial charge in [0.15, 0.2) is 5.96 Å². The third-order valence-corrected chi connectivity index (χ3v) is 4.48. The molecule has 1 heterocycles. The molecule has 6 nitrogen and oxygen atoms in total. The van der Waals surface area contributed by atoms with Gasteiger partial charge in [-0.3, -0.25) is 9.67 Å². The lowest BCUT2D eigenvalue weighted by Gasteiger charge is -2.22. The molecule has 1 aliphatic carbocycles. The minimum absolute atomic E-state index is 0. The quantitative estimate of drug-likeness (QED) is 0.235. The Bertz CT molecular complexity index is 474. The summed E-state index contributed by atoms with van der Waals surface area (Å²) in [6, 6.07) is 1.96. The number of hydrogen-bond acceptors (Lipinski definition) is 3. The summed E-state index contributed by atoms with van der Waals surface area (Å²) in [5, 5.41) is 11.0. The fraction of sp³-hybridized carbons (Fsp3) is 0.789. The lowest BCUT2D eigenvalue weighted by Crippen LogP contribution is -2.38. The van der Waals surface area contributed by atoms with E-state index in [-0.39, 0.29) is 24.0 Å². The normalized spacial score (nSPS) is 16.8. The van der Waals surface area contributed by atoms with E-state index in [1.165, 1.54) is 32.1 Å².